The molecule has 0 aliphatic heterocycles. The van der Waals surface area contributed by atoms with Crippen molar-refractivity contribution in [3.8, 4) is 0 Å². The number of nitrogens with zero attached hydrogens (tertiary/aromatic N) is 1. The summed E-state index contributed by atoms with van der Waals surface area (Å²) in [7, 11) is -1.36. The molecular formula is C13H12BrNO2S. The predicted octanol–water partition coefficient (Wildman–Crippen LogP) is 2.95. The van der Waals surface area contributed by atoms with E-state index in [2.05, 4.69) is 15.9 Å². The zero-order valence-corrected chi connectivity index (χ0v) is 12.1. The second kappa shape index (κ2) is 5.63. The van der Waals surface area contributed by atoms with Crippen molar-refractivity contribution in [1.82, 2.24) is 0 Å². The Labute approximate surface area is 117 Å². The summed E-state index contributed by atoms with van der Waals surface area (Å²) in [6.07, 6.45) is 1.36. The van der Waals surface area contributed by atoms with E-state index in [1.54, 1.807) is 18.2 Å². The molecule has 2 atom stereocenters. The van der Waals surface area contributed by atoms with Crippen LogP contribution in [0.2, 0.25) is 0 Å². The second-order valence-electron chi connectivity index (χ2n) is 3.86. The van der Waals surface area contributed by atoms with E-state index in [0.29, 0.717) is 4.73 Å². The first kappa shape index (κ1) is 13.2. The molecule has 1 heterocycles. The highest BCUT2D eigenvalue weighted by Gasteiger charge is 2.21. The monoisotopic (exact) mass is 325 g/mol. The van der Waals surface area contributed by atoms with Crippen LogP contribution in [-0.2, 0) is 10.8 Å². The Balaban J connectivity index is 2.29. The van der Waals surface area contributed by atoms with Crippen molar-refractivity contribution >= 4 is 26.7 Å². The summed E-state index contributed by atoms with van der Waals surface area (Å²) in [4.78, 5) is 0. The summed E-state index contributed by atoms with van der Waals surface area (Å²) in [6.45, 7) is 1.85. The molecule has 3 nitrogen and oxygen atoms in total. The molecule has 94 valence electrons. The van der Waals surface area contributed by atoms with Crippen LogP contribution in [0, 0.1) is 5.21 Å². The Kier molecular flexibility index (Phi) is 4.14. The Morgan fingerprint density at radius 1 is 1.22 bits per heavy atom. The summed E-state index contributed by atoms with van der Waals surface area (Å²) in [5.74, 6) is 0. The second-order valence-corrected chi connectivity index (χ2v) is 6.49. The molecule has 0 spiro atoms. The average molecular weight is 326 g/mol. The number of rotatable bonds is 3. The van der Waals surface area contributed by atoms with Gasteiger partial charge in [0.05, 0.1) is 5.25 Å². The molecule has 2 unspecified atom stereocenters. The third-order valence-corrected chi connectivity index (χ3v) is 4.83. The summed E-state index contributed by atoms with van der Waals surface area (Å²) in [6, 6.07) is 12.6. The van der Waals surface area contributed by atoms with E-state index in [4.69, 9.17) is 0 Å². The summed E-state index contributed by atoms with van der Waals surface area (Å²) in [5, 5.41) is 11.6. The van der Waals surface area contributed by atoms with Crippen LogP contribution in [0.4, 0.5) is 0 Å². The van der Waals surface area contributed by atoms with Crippen molar-refractivity contribution in [2.75, 3.05) is 0 Å². The lowest BCUT2D eigenvalue weighted by Gasteiger charge is -2.11. The van der Waals surface area contributed by atoms with Crippen molar-refractivity contribution in [3.63, 3.8) is 0 Å². The Bertz CT molecular complexity index is 571. The molecule has 0 fully saturated rings. The van der Waals surface area contributed by atoms with Gasteiger partial charge in [-0.2, -0.15) is 4.73 Å². The van der Waals surface area contributed by atoms with E-state index >= 15 is 0 Å². The minimum Gasteiger partial charge on any atom is -0.618 e. The Hall–Kier alpha value is -1.20. The number of benzene rings is 1. The van der Waals surface area contributed by atoms with Crippen LogP contribution in [0.15, 0.2) is 58.2 Å². The molecule has 0 amide bonds. The molecule has 1 aromatic heterocycles. The molecule has 5 heteroatoms. The lowest BCUT2D eigenvalue weighted by atomic mass is 10.2. The minimum absolute atomic E-state index is 0.222. The zero-order chi connectivity index (χ0) is 13.1. The summed E-state index contributed by atoms with van der Waals surface area (Å²) < 4.78 is 14.0. The Morgan fingerprint density at radius 3 is 2.50 bits per heavy atom. The number of halogens is 1. The lowest BCUT2D eigenvalue weighted by molar-refractivity contribution is -0.646. The quantitative estimate of drug-likeness (QED) is 0.643. The van der Waals surface area contributed by atoms with Gasteiger partial charge in [0.15, 0.2) is 6.20 Å². The van der Waals surface area contributed by atoms with Crippen molar-refractivity contribution in [2.45, 2.75) is 17.2 Å². The largest absolute Gasteiger partial charge is 0.618 e. The van der Waals surface area contributed by atoms with E-state index in [0.717, 1.165) is 10.0 Å². The summed E-state index contributed by atoms with van der Waals surface area (Å²) in [5.41, 5.74) is 0.945. The van der Waals surface area contributed by atoms with Gasteiger partial charge in [-0.05, 0) is 30.7 Å². The molecule has 0 aliphatic carbocycles. The van der Waals surface area contributed by atoms with E-state index in [-0.39, 0.29) is 10.3 Å². The van der Waals surface area contributed by atoms with Gasteiger partial charge < -0.3 is 5.21 Å². The number of hydrogen-bond acceptors (Lipinski definition) is 2. The first-order valence-electron chi connectivity index (χ1n) is 5.44. The van der Waals surface area contributed by atoms with Gasteiger partial charge in [0, 0.05) is 16.6 Å². The number of hydrogen-bond donors (Lipinski definition) is 0. The third kappa shape index (κ3) is 2.79. The molecule has 0 saturated heterocycles. The van der Waals surface area contributed by atoms with Crippen molar-refractivity contribution in [3.05, 3.63) is 63.9 Å². The van der Waals surface area contributed by atoms with Crippen LogP contribution < -0.4 is 4.73 Å². The first-order chi connectivity index (χ1) is 8.59. The maximum atomic E-state index is 12.3. The normalized spacial score (nSPS) is 14.1. The molecule has 0 saturated carbocycles. The SMILES string of the molecule is CC(c1ccc(Br)cc1)S(=O)c1cccc[n+]1[O-]. The minimum atomic E-state index is -1.36. The fourth-order valence-electron chi connectivity index (χ4n) is 1.61. The lowest BCUT2D eigenvalue weighted by Crippen LogP contribution is -2.32. The van der Waals surface area contributed by atoms with E-state index < -0.39 is 10.8 Å². The highest BCUT2D eigenvalue weighted by molar-refractivity contribution is 9.10. The van der Waals surface area contributed by atoms with E-state index in [9.17, 15) is 9.42 Å². The highest BCUT2D eigenvalue weighted by atomic mass is 79.9. The average Bonchev–Trinajstić information content (AvgIpc) is 2.38. The molecule has 2 aromatic rings. The van der Waals surface area contributed by atoms with Gasteiger partial charge >= 0.3 is 0 Å². The predicted molar refractivity (Wildman–Crippen MR) is 74.4 cm³/mol. The third-order valence-electron chi connectivity index (χ3n) is 2.66. The van der Waals surface area contributed by atoms with Crippen LogP contribution in [0.3, 0.4) is 0 Å². The topological polar surface area (TPSA) is 44.0 Å². The van der Waals surface area contributed by atoms with Gasteiger partial charge in [0.1, 0.15) is 10.8 Å². The molecule has 0 radical (unpaired) electrons. The standard InChI is InChI=1S/C13H12BrNO2S/c1-10(11-5-7-12(14)8-6-11)18(17)13-4-2-3-9-15(13)16/h2-10H,1H3. The van der Waals surface area contributed by atoms with Gasteiger partial charge in [-0.15, -0.1) is 0 Å². The molecule has 0 bridgehead atoms. The molecule has 1 aromatic carbocycles. The van der Waals surface area contributed by atoms with Crippen LogP contribution in [0.1, 0.15) is 17.7 Å². The van der Waals surface area contributed by atoms with Gasteiger partial charge in [0.25, 0.3) is 5.03 Å². The zero-order valence-electron chi connectivity index (χ0n) is 9.75. The van der Waals surface area contributed by atoms with Crippen molar-refractivity contribution in [2.24, 2.45) is 0 Å². The van der Waals surface area contributed by atoms with Crippen molar-refractivity contribution in [1.29, 1.82) is 0 Å². The fourth-order valence-corrected chi connectivity index (χ4v) is 3.09. The van der Waals surface area contributed by atoms with Crippen LogP contribution in [0.25, 0.3) is 0 Å². The van der Waals surface area contributed by atoms with Crippen LogP contribution in [0.5, 0.6) is 0 Å². The van der Waals surface area contributed by atoms with Gasteiger partial charge in [-0.1, -0.05) is 28.1 Å². The molecule has 0 N–H and O–H groups in total. The van der Waals surface area contributed by atoms with Crippen LogP contribution in [-0.4, -0.2) is 4.21 Å². The van der Waals surface area contributed by atoms with E-state index in [1.165, 1.54) is 6.20 Å². The molecule has 18 heavy (non-hydrogen) atoms. The summed E-state index contributed by atoms with van der Waals surface area (Å²) >= 11 is 3.36. The Morgan fingerprint density at radius 2 is 1.89 bits per heavy atom. The highest BCUT2D eigenvalue weighted by Crippen LogP contribution is 2.24. The maximum absolute atomic E-state index is 12.3. The maximum Gasteiger partial charge on any atom is 0.282 e. The van der Waals surface area contributed by atoms with Crippen LogP contribution >= 0.6 is 15.9 Å². The molecule has 0 aliphatic rings. The number of pyridine rings is 1. The smallest absolute Gasteiger partial charge is 0.282 e. The fraction of sp³-hybridized carbons (Fsp3) is 0.154. The molecular weight excluding hydrogens is 314 g/mol. The first-order valence-corrected chi connectivity index (χ1v) is 7.44. The van der Waals surface area contributed by atoms with Gasteiger partial charge in [-0.3, -0.25) is 0 Å². The van der Waals surface area contributed by atoms with Gasteiger partial charge in [0.2, 0.25) is 0 Å². The number of aromatic nitrogens is 1. The van der Waals surface area contributed by atoms with E-state index in [1.807, 2.05) is 31.2 Å². The van der Waals surface area contributed by atoms with Crippen molar-refractivity contribution < 1.29 is 8.94 Å². The molecule has 2 rings (SSSR count). The van der Waals surface area contributed by atoms with Gasteiger partial charge in [-0.25, -0.2) is 4.21 Å².